The largest absolute Gasteiger partial charge is 0.508 e. The van der Waals surface area contributed by atoms with E-state index in [1.807, 2.05) is 6.07 Å². The third-order valence-corrected chi connectivity index (χ3v) is 8.84. The maximum atomic E-state index is 12.7. The molecule has 5 atom stereocenters. The van der Waals surface area contributed by atoms with Crippen LogP contribution in [0.3, 0.4) is 0 Å². The molecule has 2 aliphatic rings. The summed E-state index contributed by atoms with van der Waals surface area (Å²) in [5.74, 6) is -1.65. The topological polar surface area (TPSA) is 217 Å². The van der Waals surface area contributed by atoms with Gasteiger partial charge in [0.25, 0.3) is 17.4 Å². The van der Waals surface area contributed by atoms with Crippen molar-refractivity contribution in [3.8, 4) is 0 Å². The van der Waals surface area contributed by atoms with E-state index in [9.17, 15) is 33.7 Å². The normalized spacial score (nSPS) is 21.8. The van der Waals surface area contributed by atoms with E-state index in [1.54, 1.807) is 24.3 Å². The summed E-state index contributed by atoms with van der Waals surface area (Å²) >= 11 is 5.08. The van der Waals surface area contributed by atoms with Crippen LogP contribution in [0.5, 0.6) is 0 Å². The number of carbonyl (C=O) groups excluding carboxylic acids is 4. The summed E-state index contributed by atoms with van der Waals surface area (Å²) in [6, 6.07) is 9.49. The van der Waals surface area contributed by atoms with Crippen LogP contribution in [-0.2, 0) is 51.3 Å². The second-order valence-corrected chi connectivity index (χ2v) is 13.2. The molecule has 254 valence electrons. The third kappa shape index (κ3) is 10.1. The first-order chi connectivity index (χ1) is 22.5. The van der Waals surface area contributed by atoms with Crippen LogP contribution in [0.25, 0.3) is 0 Å². The van der Waals surface area contributed by atoms with E-state index >= 15 is 0 Å². The van der Waals surface area contributed by atoms with Crippen LogP contribution < -0.4 is 21.9 Å². The Labute approximate surface area is 273 Å². The Morgan fingerprint density at radius 1 is 1.04 bits per heavy atom. The van der Waals surface area contributed by atoms with E-state index < -0.39 is 72.9 Å². The summed E-state index contributed by atoms with van der Waals surface area (Å²) in [6.07, 6.45) is -0.175. The highest BCUT2D eigenvalue weighted by Crippen LogP contribution is 2.50. The monoisotopic (exact) mass is 695 g/mol. The van der Waals surface area contributed by atoms with Gasteiger partial charge in [0.05, 0.1) is 0 Å². The minimum Gasteiger partial charge on any atom is -0.431 e. The minimum absolute atomic E-state index is 0.00196. The number of carbonyl (C=O) groups is 4. The summed E-state index contributed by atoms with van der Waals surface area (Å²) in [5.41, 5.74) is -0.685. The first kappa shape index (κ1) is 35.7. The van der Waals surface area contributed by atoms with E-state index in [1.165, 1.54) is 6.20 Å². The number of amides is 4. The maximum Gasteiger partial charge on any atom is 0.508 e. The molecule has 4 N–H and O–H groups in total. The van der Waals surface area contributed by atoms with Gasteiger partial charge in [-0.1, -0.05) is 30.3 Å². The lowest BCUT2D eigenvalue weighted by Crippen LogP contribution is -2.42. The number of aromatic nitrogens is 2. The Kier molecular flexibility index (Phi) is 12.6. The molecule has 0 spiro atoms. The molecule has 1 saturated heterocycles. The number of benzene rings is 1. The molecule has 1 aromatic carbocycles. The summed E-state index contributed by atoms with van der Waals surface area (Å²) < 4.78 is 28.5. The zero-order valence-corrected chi connectivity index (χ0v) is 26.9. The van der Waals surface area contributed by atoms with Crippen molar-refractivity contribution in [3.05, 3.63) is 81.1 Å². The van der Waals surface area contributed by atoms with Crippen molar-refractivity contribution in [1.29, 1.82) is 0 Å². The van der Waals surface area contributed by atoms with Crippen LogP contribution in [0.15, 0.2) is 64.3 Å². The van der Waals surface area contributed by atoms with Crippen LogP contribution in [0.1, 0.15) is 24.6 Å². The molecule has 4 amide bonds. The molecule has 0 aliphatic carbocycles. The molecule has 2 unspecified atom stereocenters. The van der Waals surface area contributed by atoms with Crippen molar-refractivity contribution in [2.45, 2.75) is 37.9 Å². The number of nitrogens with one attached hydrogen (secondary N) is 3. The van der Waals surface area contributed by atoms with Gasteiger partial charge in [-0.2, -0.15) is 0 Å². The molecular weight excluding hydrogens is 661 g/mol. The summed E-state index contributed by atoms with van der Waals surface area (Å²) in [6.45, 7) is -4.11. The van der Waals surface area contributed by atoms with Gasteiger partial charge in [-0.05, 0) is 30.2 Å². The third-order valence-electron chi connectivity index (χ3n) is 7.17. The molecule has 19 heteroatoms. The quantitative estimate of drug-likeness (QED) is 0.0873. The number of ether oxygens (including phenoxy) is 3. The number of nitrogens with zero attached hydrogens (tertiary/aromatic N) is 2. The molecule has 47 heavy (non-hydrogen) atoms. The molecule has 4 rings (SSSR count). The van der Waals surface area contributed by atoms with Crippen LogP contribution in [-0.4, -0.2) is 88.9 Å². The van der Waals surface area contributed by atoms with Crippen molar-refractivity contribution in [2.75, 3.05) is 33.4 Å². The lowest BCUT2D eigenvalue weighted by molar-refractivity contribution is -0.136. The maximum absolute atomic E-state index is 12.7. The second kappa shape index (κ2) is 16.6. The lowest BCUT2D eigenvalue weighted by Gasteiger charge is -2.27. The highest BCUT2D eigenvalue weighted by Gasteiger charge is 2.49. The van der Waals surface area contributed by atoms with Gasteiger partial charge >= 0.3 is 24.6 Å². The number of rotatable bonds is 15. The zero-order valence-electron chi connectivity index (χ0n) is 25.1. The van der Waals surface area contributed by atoms with Gasteiger partial charge in [-0.15, -0.1) is 0 Å². The lowest BCUT2D eigenvalue weighted by atomic mass is 9.94. The van der Waals surface area contributed by atoms with Crippen molar-refractivity contribution < 1.29 is 47.3 Å². The molecular formula is C28H34N5O12PS. The predicted molar refractivity (Wildman–Crippen MR) is 166 cm³/mol. The summed E-state index contributed by atoms with van der Waals surface area (Å²) in [4.78, 5) is 86.2. The Hall–Kier alpha value is -4.19. The van der Waals surface area contributed by atoms with Crippen LogP contribution in [0, 0.1) is 5.92 Å². The molecule has 0 saturated carbocycles. The fourth-order valence-electron chi connectivity index (χ4n) is 4.92. The zero-order chi connectivity index (χ0) is 34.0. The smallest absolute Gasteiger partial charge is 0.431 e. The van der Waals surface area contributed by atoms with Gasteiger partial charge in [0.1, 0.15) is 31.6 Å². The van der Waals surface area contributed by atoms with Gasteiger partial charge in [0, 0.05) is 57.1 Å². The van der Waals surface area contributed by atoms with Crippen LogP contribution >= 0.6 is 6.72 Å². The van der Waals surface area contributed by atoms with E-state index in [4.69, 9.17) is 35.1 Å². The van der Waals surface area contributed by atoms with Crippen molar-refractivity contribution >= 4 is 42.5 Å². The van der Waals surface area contributed by atoms with Crippen LogP contribution in [0.4, 0.5) is 9.59 Å². The molecule has 1 aromatic heterocycles. The molecule has 0 bridgehead atoms. The van der Waals surface area contributed by atoms with Gasteiger partial charge < -0.3 is 38.8 Å². The molecule has 2 aliphatic heterocycles. The average Bonchev–Trinajstić information content (AvgIpc) is 3.54. The van der Waals surface area contributed by atoms with E-state index in [-0.39, 0.29) is 32.7 Å². The van der Waals surface area contributed by atoms with Gasteiger partial charge in [-0.25, -0.2) is 14.4 Å². The molecule has 2 aromatic rings. The average molecular weight is 696 g/mol. The Balaban J connectivity index is 1.41. The highest BCUT2D eigenvalue weighted by atomic mass is 32.5. The van der Waals surface area contributed by atoms with Gasteiger partial charge in [0.15, 0.2) is 0 Å². The van der Waals surface area contributed by atoms with Crippen molar-refractivity contribution in [3.63, 3.8) is 0 Å². The number of hydrogen-bond acceptors (Lipinski definition) is 12. The number of H-pyrrole nitrogens is 1. The standard InChI is InChI=1S/C28H34N5O12PS/c1-41-46(40,47)45-24-19(8-5-12-29-26(37)30-13-15-32-22(35)9-10-23(32)36)25(33-14-11-21(34)31-27(33)38)44-20(24)17-43-28(39)42-16-18-6-3-2-4-7-18/h2-4,6-7,9-11,14,19-20,24-25H,5,8,12-13,15-17H2,1H3,(H,40,47)(H2,29,30,37)(H,31,34,38)/t19?,20-,24-,25-,46?/m1/s1. The van der Waals surface area contributed by atoms with E-state index in [0.29, 0.717) is 6.42 Å². The first-order valence-corrected chi connectivity index (χ1v) is 17.0. The van der Waals surface area contributed by atoms with Crippen molar-refractivity contribution in [1.82, 2.24) is 25.1 Å². The summed E-state index contributed by atoms with van der Waals surface area (Å²) in [7, 11) is 1.16. The van der Waals surface area contributed by atoms with Crippen molar-refractivity contribution in [2.24, 2.45) is 5.92 Å². The summed E-state index contributed by atoms with van der Waals surface area (Å²) in [5, 5.41) is 5.21. The molecule has 1 fully saturated rings. The predicted octanol–water partition coefficient (Wildman–Crippen LogP) is 0.656. The fourth-order valence-corrected chi connectivity index (χ4v) is 5.91. The Bertz CT molecular complexity index is 1620. The number of imide groups is 1. The molecule has 0 radical (unpaired) electrons. The van der Waals surface area contributed by atoms with Gasteiger partial charge in [-0.3, -0.25) is 28.8 Å². The Morgan fingerprint density at radius 2 is 1.74 bits per heavy atom. The molecule has 17 nitrogen and oxygen atoms in total. The Morgan fingerprint density at radius 3 is 2.43 bits per heavy atom. The van der Waals surface area contributed by atoms with E-state index in [0.717, 1.165) is 40.4 Å². The number of aromatic amines is 1. The minimum atomic E-state index is -3.82. The number of hydrogen-bond donors (Lipinski definition) is 4. The highest BCUT2D eigenvalue weighted by molar-refractivity contribution is 8.07. The first-order valence-electron chi connectivity index (χ1n) is 14.4. The van der Waals surface area contributed by atoms with Crippen LogP contribution in [0.2, 0.25) is 0 Å². The van der Waals surface area contributed by atoms with E-state index in [2.05, 4.69) is 15.6 Å². The number of urea groups is 1. The van der Waals surface area contributed by atoms with Gasteiger partial charge in [0.2, 0.25) is 0 Å². The molecule has 3 heterocycles. The SMILES string of the molecule is COP(O)(=S)O[C@@H]1C(CCCNC(=O)NCCN2C(=O)C=CC2=O)[C@H](n2ccc(=O)[nH]c2=O)O[C@@H]1COC(=O)OCc1ccccc1. The second-order valence-electron chi connectivity index (χ2n) is 10.3. The fraction of sp³-hybridized carbons (Fsp3) is 0.429.